The maximum Gasteiger partial charge on any atom is 0.326 e. The van der Waals surface area contributed by atoms with Gasteiger partial charge in [0.2, 0.25) is 5.91 Å². The van der Waals surface area contributed by atoms with Crippen molar-refractivity contribution in [2.24, 2.45) is 0 Å². The van der Waals surface area contributed by atoms with Crippen LogP contribution in [0.4, 0.5) is 0 Å². The van der Waals surface area contributed by atoms with Gasteiger partial charge >= 0.3 is 5.97 Å². The first-order chi connectivity index (χ1) is 6.06. The Bertz CT molecular complexity index is 229. The fourth-order valence-corrected chi connectivity index (χ4v) is 1.41. The molecule has 1 aliphatic rings. The molecule has 0 aromatic rings. The van der Waals surface area contributed by atoms with Crippen LogP contribution >= 0.6 is 0 Å². The highest BCUT2D eigenvalue weighted by Crippen LogP contribution is 2.17. The Balaban J connectivity index is 2.71. The molecule has 74 valence electrons. The van der Waals surface area contributed by atoms with Crippen molar-refractivity contribution >= 4 is 11.9 Å². The molecule has 0 aromatic heterocycles. The molecule has 1 fully saturated rings. The smallest absolute Gasteiger partial charge is 0.326 e. The lowest BCUT2D eigenvalue weighted by Gasteiger charge is -2.19. The van der Waals surface area contributed by atoms with Crippen LogP contribution in [0.3, 0.4) is 0 Å². The highest BCUT2D eigenvalue weighted by Gasteiger charge is 2.38. The molecule has 0 aromatic carbocycles. The van der Waals surface area contributed by atoms with Gasteiger partial charge in [-0.15, -0.1) is 0 Å². The summed E-state index contributed by atoms with van der Waals surface area (Å²) in [7, 11) is 0. The molecule has 6 heteroatoms. The zero-order chi connectivity index (χ0) is 10.0. The fraction of sp³-hybridized carbons (Fsp3) is 0.714. The first-order valence-electron chi connectivity index (χ1n) is 3.87. The number of aliphatic hydroxyl groups excluding tert-OH is 2. The lowest BCUT2D eigenvalue weighted by molar-refractivity contribution is -0.149. The Kier molecular flexibility index (Phi) is 2.84. The minimum atomic E-state index is -1.15. The van der Waals surface area contributed by atoms with E-state index in [4.69, 9.17) is 15.3 Å². The predicted octanol–water partition coefficient (Wildman–Crippen LogP) is -1.97. The van der Waals surface area contributed by atoms with Crippen LogP contribution in [-0.2, 0) is 9.59 Å². The number of carbonyl (C=O) groups is 2. The first-order valence-corrected chi connectivity index (χ1v) is 3.87. The van der Waals surface area contributed by atoms with Gasteiger partial charge in [0.15, 0.2) is 0 Å². The van der Waals surface area contributed by atoms with Crippen LogP contribution in [-0.4, -0.2) is 57.4 Å². The highest BCUT2D eigenvalue weighted by atomic mass is 16.4. The van der Waals surface area contributed by atoms with Crippen molar-refractivity contribution in [2.45, 2.75) is 18.6 Å². The lowest BCUT2D eigenvalue weighted by Crippen LogP contribution is -2.41. The van der Waals surface area contributed by atoms with Crippen LogP contribution in [0.25, 0.3) is 0 Å². The largest absolute Gasteiger partial charge is 0.480 e. The van der Waals surface area contributed by atoms with Crippen molar-refractivity contribution in [2.75, 3.05) is 13.2 Å². The Morgan fingerprint density at radius 2 is 2.08 bits per heavy atom. The minimum absolute atomic E-state index is 0.0175. The van der Waals surface area contributed by atoms with E-state index in [1.807, 2.05) is 0 Å². The number of amides is 1. The van der Waals surface area contributed by atoms with E-state index in [9.17, 15) is 9.59 Å². The second kappa shape index (κ2) is 3.71. The fourth-order valence-electron chi connectivity index (χ4n) is 1.41. The summed E-state index contributed by atoms with van der Waals surface area (Å²) in [6, 6.07) is -1.00. The molecule has 1 rings (SSSR count). The molecule has 1 aliphatic heterocycles. The number of aliphatic carboxylic acids is 1. The third-order valence-electron chi connectivity index (χ3n) is 2.02. The van der Waals surface area contributed by atoms with Crippen molar-refractivity contribution < 1.29 is 24.9 Å². The van der Waals surface area contributed by atoms with Gasteiger partial charge in [0.05, 0.1) is 6.10 Å². The monoisotopic (exact) mass is 189 g/mol. The maximum absolute atomic E-state index is 11.0. The third-order valence-corrected chi connectivity index (χ3v) is 2.02. The van der Waals surface area contributed by atoms with Crippen LogP contribution in [0.2, 0.25) is 0 Å². The molecule has 2 unspecified atom stereocenters. The SMILES string of the molecule is O=C(O)C1CC(O)CN1C(=O)CO. The van der Waals surface area contributed by atoms with Crippen molar-refractivity contribution in [1.82, 2.24) is 4.90 Å². The molecule has 0 aliphatic carbocycles. The summed E-state index contributed by atoms with van der Waals surface area (Å²) in [6.07, 6.45) is -0.780. The van der Waals surface area contributed by atoms with E-state index in [0.29, 0.717) is 0 Å². The zero-order valence-electron chi connectivity index (χ0n) is 6.88. The molecule has 13 heavy (non-hydrogen) atoms. The third kappa shape index (κ3) is 1.96. The summed E-state index contributed by atoms with van der Waals surface area (Å²) < 4.78 is 0. The summed E-state index contributed by atoms with van der Waals surface area (Å²) >= 11 is 0. The van der Waals surface area contributed by atoms with Crippen molar-refractivity contribution in [3.05, 3.63) is 0 Å². The zero-order valence-corrected chi connectivity index (χ0v) is 6.88. The van der Waals surface area contributed by atoms with E-state index >= 15 is 0 Å². The first kappa shape index (κ1) is 9.94. The Hall–Kier alpha value is -1.14. The minimum Gasteiger partial charge on any atom is -0.480 e. The Morgan fingerprint density at radius 1 is 1.46 bits per heavy atom. The molecule has 0 saturated carbocycles. The number of carboxylic acid groups (broad SMARTS) is 1. The van der Waals surface area contributed by atoms with E-state index in [0.717, 1.165) is 4.90 Å². The van der Waals surface area contributed by atoms with E-state index < -0.39 is 30.6 Å². The van der Waals surface area contributed by atoms with Gasteiger partial charge in [0.1, 0.15) is 12.6 Å². The number of hydrogen-bond donors (Lipinski definition) is 3. The Labute approximate surface area is 74.4 Å². The van der Waals surface area contributed by atoms with Gasteiger partial charge in [-0.1, -0.05) is 0 Å². The number of β-amino-alcohol motifs (C(OH)–C–C–N with tert-alkyl or cyclic N) is 1. The number of carboxylic acids is 1. The summed E-state index contributed by atoms with van der Waals surface area (Å²) in [6.45, 7) is -0.743. The van der Waals surface area contributed by atoms with Crippen LogP contribution in [0.15, 0.2) is 0 Å². The average molecular weight is 189 g/mol. The number of carbonyl (C=O) groups excluding carboxylic acids is 1. The molecule has 1 heterocycles. The van der Waals surface area contributed by atoms with Crippen molar-refractivity contribution in [3.8, 4) is 0 Å². The van der Waals surface area contributed by atoms with E-state index in [1.54, 1.807) is 0 Å². The van der Waals surface area contributed by atoms with Crippen LogP contribution in [0.1, 0.15) is 6.42 Å². The van der Waals surface area contributed by atoms with Crippen LogP contribution in [0, 0.1) is 0 Å². The molecule has 0 spiro atoms. The molecule has 1 amide bonds. The molecule has 0 bridgehead atoms. The van der Waals surface area contributed by atoms with Gasteiger partial charge in [0.25, 0.3) is 0 Å². The van der Waals surface area contributed by atoms with Crippen LogP contribution in [0.5, 0.6) is 0 Å². The molecular weight excluding hydrogens is 178 g/mol. The van der Waals surface area contributed by atoms with Gasteiger partial charge in [-0.05, 0) is 0 Å². The molecule has 2 atom stereocenters. The predicted molar refractivity (Wildman–Crippen MR) is 40.8 cm³/mol. The molecular formula is C7H11NO5. The summed E-state index contributed by atoms with van der Waals surface area (Å²) in [5.41, 5.74) is 0. The van der Waals surface area contributed by atoms with Crippen LogP contribution < -0.4 is 0 Å². The molecule has 0 radical (unpaired) electrons. The summed E-state index contributed by atoms with van der Waals surface area (Å²) in [4.78, 5) is 22.5. The van der Waals surface area contributed by atoms with Crippen molar-refractivity contribution in [3.63, 3.8) is 0 Å². The second-order valence-electron chi connectivity index (χ2n) is 2.95. The Morgan fingerprint density at radius 3 is 2.54 bits per heavy atom. The van der Waals surface area contributed by atoms with E-state index in [1.165, 1.54) is 0 Å². The van der Waals surface area contributed by atoms with Crippen molar-refractivity contribution in [1.29, 1.82) is 0 Å². The maximum atomic E-state index is 11.0. The number of rotatable bonds is 2. The number of likely N-dealkylation sites (tertiary alicyclic amines) is 1. The topological polar surface area (TPSA) is 98.1 Å². The molecule has 1 saturated heterocycles. The average Bonchev–Trinajstić information content (AvgIpc) is 2.46. The number of aliphatic hydroxyl groups is 2. The molecule has 3 N–H and O–H groups in total. The molecule has 6 nitrogen and oxygen atoms in total. The lowest BCUT2D eigenvalue weighted by atomic mass is 10.2. The van der Waals surface area contributed by atoms with E-state index in [-0.39, 0.29) is 13.0 Å². The quantitative estimate of drug-likeness (QED) is 0.468. The highest BCUT2D eigenvalue weighted by molar-refractivity contribution is 5.85. The van der Waals surface area contributed by atoms with Gasteiger partial charge in [-0.25, -0.2) is 4.79 Å². The number of nitrogens with zero attached hydrogens (tertiary/aromatic N) is 1. The summed E-state index contributed by atoms with van der Waals surface area (Å²) in [5.74, 6) is -1.82. The van der Waals surface area contributed by atoms with Gasteiger partial charge in [0, 0.05) is 13.0 Å². The van der Waals surface area contributed by atoms with Gasteiger partial charge in [-0.3, -0.25) is 4.79 Å². The second-order valence-corrected chi connectivity index (χ2v) is 2.95. The number of hydrogen-bond acceptors (Lipinski definition) is 4. The normalized spacial score (nSPS) is 27.7. The van der Waals surface area contributed by atoms with Gasteiger partial charge < -0.3 is 20.2 Å². The van der Waals surface area contributed by atoms with E-state index in [2.05, 4.69) is 0 Å². The van der Waals surface area contributed by atoms with Gasteiger partial charge in [-0.2, -0.15) is 0 Å². The summed E-state index contributed by atoms with van der Waals surface area (Å²) in [5, 5.41) is 26.3. The standard InChI is InChI=1S/C7H11NO5/c9-3-6(11)8-2-4(10)1-5(8)7(12)13/h4-5,9-10H,1-3H2,(H,12,13).